The lowest BCUT2D eigenvalue weighted by Crippen LogP contribution is -2.32. The summed E-state index contributed by atoms with van der Waals surface area (Å²) in [4.78, 5) is 20.3. The van der Waals surface area contributed by atoms with Gasteiger partial charge in [0.1, 0.15) is 11.5 Å². The number of rotatable bonds is 9. The Morgan fingerprint density at radius 1 is 1.03 bits per heavy atom. The highest BCUT2D eigenvalue weighted by atomic mass is 32.2. The number of hydrogen-bond acceptors (Lipinski definition) is 7. The van der Waals surface area contributed by atoms with Gasteiger partial charge in [-0.1, -0.05) is 13.0 Å². The number of aromatic nitrogens is 2. The van der Waals surface area contributed by atoms with Gasteiger partial charge in [0.25, 0.3) is 15.9 Å². The first kappa shape index (κ1) is 22.0. The number of sulfonamides is 1. The number of carbonyl (C=O) groups is 1. The molecule has 2 aromatic carbocycles. The molecule has 0 fully saturated rings. The maximum Gasteiger partial charge on any atom is 0.265 e. The van der Waals surface area contributed by atoms with Gasteiger partial charge < -0.3 is 14.8 Å². The molecule has 0 saturated heterocycles. The molecule has 162 valence electrons. The van der Waals surface area contributed by atoms with Gasteiger partial charge in [-0.25, -0.2) is 23.1 Å². The van der Waals surface area contributed by atoms with Crippen molar-refractivity contribution in [3.8, 4) is 11.5 Å². The largest absolute Gasteiger partial charge is 0.497 e. The van der Waals surface area contributed by atoms with E-state index in [9.17, 15) is 13.2 Å². The summed E-state index contributed by atoms with van der Waals surface area (Å²) in [6.07, 6.45) is 2.58. The molecule has 31 heavy (non-hydrogen) atoms. The molecule has 1 atom stereocenters. The zero-order valence-electron chi connectivity index (χ0n) is 17.0. The molecular weight excluding hydrogens is 420 g/mol. The Bertz CT molecular complexity index is 1120. The summed E-state index contributed by atoms with van der Waals surface area (Å²) in [6.45, 7) is 1.83. The number of hydrogen-bond donors (Lipinski definition) is 2. The minimum atomic E-state index is -3.85. The average molecular weight is 442 g/mol. The molecule has 0 spiro atoms. The van der Waals surface area contributed by atoms with Gasteiger partial charge in [0.2, 0.25) is 5.95 Å². The van der Waals surface area contributed by atoms with Gasteiger partial charge in [-0.3, -0.25) is 4.79 Å². The number of nitrogens with zero attached hydrogens (tertiary/aromatic N) is 2. The summed E-state index contributed by atoms with van der Waals surface area (Å²) in [7, 11) is -2.30. The van der Waals surface area contributed by atoms with Gasteiger partial charge in [0, 0.05) is 24.1 Å². The Morgan fingerprint density at radius 3 is 2.35 bits per heavy atom. The van der Waals surface area contributed by atoms with E-state index in [1.54, 1.807) is 37.4 Å². The number of anilines is 2. The Balaban J connectivity index is 1.65. The van der Waals surface area contributed by atoms with Crippen LogP contribution in [0.4, 0.5) is 11.6 Å². The SMILES string of the molecule is CCC(Oc1cccc(OC)c1)C(=O)Nc1ccc(S(=O)(=O)Nc2ncccn2)cc1. The van der Waals surface area contributed by atoms with Gasteiger partial charge in [0.05, 0.1) is 12.0 Å². The van der Waals surface area contributed by atoms with Crippen LogP contribution in [0, 0.1) is 0 Å². The van der Waals surface area contributed by atoms with E-state index in [1.807, 2.05) is 6.92 Å². The van der Waals surface area contributed by atoms with Crippen LogP contribution in [-0.4, -0.2) is 37.5 Å². The van der Waals surface area contributed by atoms with Crippen molar-refractivity contribution < 1.29 is 22.7 Å². The van der Waals surface area contributed by atoms with Gasteiger partial charge in [0.15, 0.2) is 6.10 Å². The average Bonchev–Trinajstić information content (AvgIpc) is 2.78. The number of benzene rings is 2. The third-order valence-electron chi connectivity index (χ3n) is 4.21. The van der Waals surface area contributed by atoms with Crippen LogP contribution in [0.2, 0.25) is 0 Å². The molecule has 0 bridgehead atoms. The second-order valence-corrected chi connectivity index (χ2v) is 8.07. The Kier molecular flexibility index (Phi) is 7.03. The molecule has 0 radical (unpaired) electrons. The molecule has 1 unspecified atom stereocenters. The van der Waals surface area contributed by atoms with Crippen LogP contribution in [0.1, 0.15) is 13.3 Å². The van der Waals surface area contributed by atoms with Gasteiger partial charge in [-0.2, -0.15) is 0 Å². The first-order chi connectivity index (χ1) is 14.9. The highest BCUT2D eigenvalue weighted by Crippen LogP contribution is 2.22. The summed E-state index contributed by atoms with van der Waals surface area (Å²) in [6, 6.07) is 14.3. The molecule has 1 heterocycles. The molecule has 1 aromatic heterocycles. The molecule has 0 aliphatic carbocycles. The van der Waals surface area contributed by atoms with Crippen LogP contribution >= 0.6 is 0 Å². The third kappa shape index (κ3) is 5.92. The molecule has 9 nitrogen and oxygen atoms in total. The van der Waals surface area contributed by atoms with E-state index in [0.717, 1.165) is 0 Å². The lowest BCUT2D eigenvalue weighted by molar-refractivity contribution is -0.122. The van der Waals surface area contributed by atoms with E-state index >= 15 is 0 Å². The Hall–Kier alpha value is -3.66. The van der Waals surface area contributed by atoms with Crippen molar-refractivity contribution in [1.29, 1.82) is 0 Å². The van der Waals surface area contributed by atoms with Crippen molar-refractivity contribution in [3.05, 3.63) is 67.0 Å². The zero-order chi connectivity index (χ0) is 22.3. The summed E-state index contributed by atoms with van der Waals surface area (Å²) >= 11 is 0. The van der Waals surface area contributed by atoms with Crippen molar-refractivity contribution >= 4 is 27.6 Å². The molecule has 1 amide bonds. The highest BCUT2D eigenvalue weighted by molar-refractivity contribution is 7.92. The van der Waals surface area contributed by atoms with Crippen molar-refractivity contribution in [2.45, 2.75) is 24.3 Å². The van der Waals surface area contributed by atoms with E-state index in [2.05, 4.69) is 20.0 Å². The fraction of sp³-hybridized carbons (Fsp3) is 0.190. The molecule has 0 saturated carbocycles. The van der Waals surface area contributed by atoms with Crippen LogP contribution < -0.4 is 19.5 Å². The van der Waals surface area contributed by atoms with Crippen molar-refractivity contribution in [1.82, 2.24) is 9.97 Å². The van der Waals surface area contributed by atoms with Gasteiger partial charge >= 0.3 is 0 Å². The zero-order valence-corrected chi connectivity index (χ0v) is 17.8. The van der Waals surface area contributed by atoms with E-state index in [0.29, 0.717) is 23.6 Å². The van der Waals surface area contributed by atoms with Crippen LogP contribution in [0.25, 0.3) is 0 Å². The summed E-state index contributed by atoms with van der Waals surface area (Å²) < 4.78 is 38.1. The molecule has 2 N–H and O–H groups in total. The van der Waals surface area contributed by atoms with Gasteiger partial charge in [-0.15, -0.1) is 0 Å². The number of nitrogens with one attached hydrogen (secondary N) is 2. The fourth-order valence-electron chi connectivity index (χ4n) is 2.63. The topological polar surface area (TPSA) is 120 Å². The van der Waals surface area contributed by atoms with Crippen molar-refractivity contribution in [2.75, 3.05) is 17.1 Å². The molecule has 0 aliphatic heterocycles. The fourth-order valence-corrected chi connectivity index (χ4v) is 3.59. The van der Waals surface area contributed by atoms with Crippen LogP contribution in [-0.2, 0) is 14.8 Å². The molecule has 3 rings (SSSR count). The standard InChI is InChI=1S/C21H22N4O5S/c1-3-19(30-17-7-4-6-16(14-17)29-2)20(26)24-15-8-10-18(11-9-15)31(27,28)25-21-22-12-5-13-23-21/h4-14,19H,3H2,1-2H3,(H,24,26)(H,22,23,25). The third-order valence-corrected chi connectivity index (χ3v) is 5.55. The maximum atomic E-state index is 12.6. The Morgan fingerprint density at radius 2 is 1.71 bits per heavy atom. The minimum absolute atomic E-state index is 0.0117. The first-order valence-corrected chi connectivity index (χ1v) is 10.9. The minimum Gasteiger partial charge on any atom is -0.497 e. The number of methoxy groups -OCH3 is 1. The van der Waals surface area contributed by atoms with E-state index in [4.69, 9.17) is 9.47 Å². The van der Waals surface area contributed by atoms with Crippen molar-refractivity contribution in [2.24, 2.45) is 0 Å². The number of ether oxygens (including phenoxy) is 2. The monoisotopic (exact) mass is 442 g/mol. The molecule has 10 heteroatoms. The van der Waals surface area contributed by atoms with E-state index < -0.39 is 16.1 Å². The molecule has 0 aliphatic rings. The number of amides is 1. The summed E-state index contributed by atoms with van der Waals surface area (Å²) in [5, 5.41) is 2.74. The van der Waals surface area contributed by atoms with Crippen molar-refractivity contribution in [3.63, 3.8) is 0 Å². The number of carbonyl (C=O) groups excluding carboxylic acids is 1. The lowest BCUT2D eigenvalue weighted by atomic mass is 10.2. The predicted molar refractivity (Wildman–Crippen MR) is 116 cm³/mol. The smallest absolute Gasteiger partial charge is 0.265 e. The normalized spacial score (nSPS) is 11.9. The van der Waals surface area contributed by atoms with E-state index in [-0.39, 0.29) is 16.8 Å². The summed E-state index contributed by atoms with van der Waals surface area (Å²) in [5.74, 6) is 0.758. The van der Waals surface area contributed by atoms with Crippen LogP contribution in [0.15, 0.2) is 71.9 Å². The molecule has 3 aromatic rings. The predicted octanol–water partition coefficient (Wildman–Crippen LogP) is 3.08. The second-order valence-electron chi connectivity index (χ2n) is 6.39. The highest BCUT2D eigenvalue weighted by Gasteiger charge is 2.20. The summed E-state index contributed by atoms with van der Waals surface area (Å²) in [5.41, 5.74) is 0.438. The second kappa shape index (κ2) is 9.90. The van der Waals surface area contributed by atoms with E-state index in [1.165, 1.54) is 36.7 Å². The maximum absolute atomic E-state index is 12.6. The lowest BCUT2D eigenvalue weighted by Gasteiger charge is -2.18. The Labute approximate surface area is 180 Å². The molecular formula is C21H22N4O5S. The quantitative estimate of drug-likeness (QED) is 0.522. The van der Waals surface area contributed by atoms with Crippen LogP contribution in [0.5, 0.6) is 11.5 Å². The van der Waals surface area contributed by atoms with Gasteiger partial charge in [-0.05, 0) is 48.9 Å². The first-order valence-electron chi connectivity index (χ1n) is 9.42. The van der Waals surface area contributed by atoms with Crippen LogP contribution in [0.3, 0.4) is 0 Å².